The molecule has 0 saturated carbocycles. The standard InChI is InChI=1S/C20H19N3S/c1-15(13-17-9-5-3-6-10-17)14-21-23-20-22-19(16(2)24-20)18-11-7-4-8-12-18/h3-14H,1-2H3,(H,22,23)/b15-13+,21-14?. The predicted octanol–water partition coefficient (Wildman–Crippen LogP) is 5.62. The van der Waals surface area contributed by atoms with Crippen LogP contribution in [0, 0.1) is 6.92 Å². The molecule has 1 heterocycles. The average molecular weight is 333 g/mol. The maximum atomic E-state index is 4.64. The molecule has 0 unspecified atom stereocenters. The normalized spacial score (nSPS) is 11.8. The van der Waals surface area contributed by atoms with E-state index in [1.165, 1.54) is 4.88 Å². The summed E-state index contributed by atoms with van der Waals surface area (Å²) in [6.07, 6.45) is 3.90. The first-order valence-corrected chi connectivity index (χ1v) is 8.59. The van der Waals surface area contributed by atoms with Crippen LogP contribution < -0.4 is 5.43 Å². The highest BCUT2D eigenvalue weighted by atomic mass is 32.1. The van der Waals surface area contributed by atoms with Crippen molar-refractivity contribution in [2.24, 2.45) is 5.10 Å². The van der Waals surface area contributed by atoms with Crippen molar-refractivity contribution in [3.63, 3.8) is 0 Å². The zero-order valence-electron chi connectivity index (χ0n) is 13.7. The van der Waals surface area contributed by atoms with Crippen molar-refractivity contribution in [2.45, 2.75) is 13.8 Å². The lowest BCUT2D eigenvalue weighted by atomic mass is 10.1. The molecule has 4 heteroatoms. The summed E-state index contributed by atoms with van der Waals surface area (Å²) >= 11 is 1.61. The van der Waals surface area contributed by atoms with Gasteiger partial charge in [-0.05, 0) is 25.0 Å². The molecular weight excluding hydrogens is 314 g/mol. The Kier molecular flexibility index (Phi) is 5.18. The highest BCUT2D eigenvalue weighted by Crippen LogP contribution is 2.30. The Hall–Kier alpha value is -2.72. The van der Waals surface area contributed by atoms with Gasteiger partial charge in [0.25, 0.3) is 0 Å². The molecule has 24 heavy (non-hydrogen) atoms. The molecule has 1 N–H and O–H groups in total. The Morgan fingerprint density at radius 1 is 1.04 bits per heavy atom. The number of allylic oxidation sites excluding steroid dienone is 1. The number of thiazole rings is 1. The first-order valence-electron chi connectivity index (χ1n) is 7.77. The molecule has 0 spiro atoms. The third-order valence-electron chi connectivity index (χ3n) is 3.47. The number of nitrogens with one attached hydrogen (secondary N) is 1. The topological polar surface area (TPSA) is 37.3 Å². The molecule has 0 aliphatic heterocycles. The first-order chi connectivity index (χ1) is 11.7. The van der Waals surface area contributed by atoms with E-state index < -0.39 is 0 Å². The van der Waals surface area contributed by atoms with Gasteiger partial charge in [0.15, 0.2) is 0 Å². The average Bonchev–Trinajstić information content (AvgIpc) is 2.97. The van der Waals surface area contributed by atoms with Gasteiger partial charge in [0.2, 0.25) is 5.13 Å². The summed E-state index contributed by atoms with van der Waals surface area (Å²) in [7, 11) is 0. The van der Waals surface area contributed by atoms with E-state index in [0.717, 1.165) is 27.5 Å². The van der Waals surface area contributed by atoms with E-state index in [9.17, 15) is 0 Å². The second-order valence-electron chi connectivity index (χ2n) is 5.46. The molecule has 0 bridgehead atoms. The van der Waals surface area contributed by atoms with Crippen LogP contribution in [0.2, 0.25) is 0 Å². The second kappa shape index (κ2) is 7.70. The van der Waals surface area contributed by atoms with Crippen molar-refractivity contribution in [2.75, 3.05) is 5.43 Å². The smallest absolute Gasteiger partial charge is 0.204 e. The van der Waals surface area contributed by atoms with E-state index in [-0.39, 0.29) is 0 Å². The van der Waals surface area contributed by atoms with Gasteiger partial charge in [-0.2, -0.15) is 5.10 Å². The summed E-state index contributed by atoms with van der Waals surface area (Å²) in [5, 5.41) is 5.09. The number of hydrazone groups is 1. The van der Waals surface area contributed by atoms with Crippen LogP contribution in [-0.2, 0) is 0 Å². The number of aryl methyl sites for hydroxylation is 1. The van der Waals surface area contributed by atoms with Crippen molar-refractivity contribution < 1.29 is 0 Å². The van der Waals surface area contributed by atoms with Gasteiger partial charge in [-0.25, -0.2) is 4.98 Å². The summed E-state index contributed by atoms with van der Waals surface area (Å²) in [6, 6.07) is 20.4. The fraction of sp³-hybridized carbons (Fsp3) is 0.100. The Bertz CT molecular complexity index is 849. The van der Waals surface area contributed by atoms with Gasteiger partial charge in [0.1, 0.15) is 0 Å². The molecule has 3 aromatic rings. The summed E-state index contributed by atoms with van der Waals surface area (Å²) in [6.45, 7) is 4.11. The minimum atomic E-state index is 0.801. The molecule has 2 aromatic carbocycles. The van der Waals surface area contributed by atoms with Crippen molar-refractivity contribution >= 4 is 28.8 Å². The van der Waals surface area contributed by atoms with Crippen LogP contribution in [0.1, 0.15) is 17.4 Å². The zero-order chi connectivity index (χ0) is 16.8. The van der Waals surface area contributed by atoms with Gasteiger partial charge in [-0.1, -0.05) is 66.7 Å². The van der Waals surface area contributed by atoms with Gasteiger partial charge in [0, 0.05) is 10.4 Å². The van der Waals surface area contributed by atoms with Crippen LogP contribution >= 0.6 is 11.3 Å². The van der Waals surface area contributed by atoms with E-state index in [4.69, 9.17) is 0 Å². The molecule has 3 rings (SSSR count). The SMILES string of the molecule is C/C(C=NNc1nc(-c2ccccc2)c(C)s1)=C\c1ccccc1. The summed E-state index contributed by atoms with van der Waals surface area (Å²) in [5.41, 5.74) is 7.40. The summed E-state index contributed by atoms with van der Waals surface area (Å²) in [4.78, 5) is 5.81. The molecule has 0 radical (unpaired) electrons. The maximum absolute atomic E-state index is 4.64. The molecule has 0 aliphatic rings. The number of hydrogen-bond acceptors (Lipinski definition) is 4. The molecule has 120 valence electrons. The quantitative estimate of drug-likeness (QED) is 0.486. The lowest BCUT2D eigenvalue weighted by Crippen LogP contribution is -1.89. The number of benzene rings is 2. The Morgan fingerprint density at radius 3 is 2.42 bits per heavy atom. The van der Waals surface area contributed by atoms with Crippen molar-refractivity contribution in [3.05, 3.63) is 76.7 Å². The van der Waals surface area contributed by atoms with E-state index in [1.54, 1.807) is 11.3 Å². The Balaban J connectivity index is 1.68. The van der Waals surface area contributed by atoms with Gasteiger partial charge in [-0.3, -0.25) is 5.43 Å². The third-order valence-corrected chi connectivity index (χ3v) is 4.34. The fourth-order valence-electron chi connectivity index (χ4n) is 2.35. The zero-order valence-corrected chi connectivity index (χ0v) is 14.5. The van der Waals surface area contributed by atoms with Crippen LogP contribution in [0.4, 0.5) is 5.13 Å². The second-order valence-corrected chi connectivity index (χ2v) is 6.66. The molecule has 0 atom stereocenters. The van der Waals surface area contributed by atoms with Crippen molar-refractivity contribution in [1.82, 2.24) is 4.98 Å². The highest BCUT2D eigenvalue weighted by Gasteiger charge is 2.08. The fourth-order valence-corrected chi connectivity index (χ4v) is 3.13. The van der Waals surface area contributed by atoms with Crippen molar-refractivity contribution in [1.29, 1.82) is 0 Å². The number of anilines is 1. The lowest BCUT2D eigenvalue weighted by molar-refractivity contribution is 1.28. The molecular formula is C20H19N3S. The number of hydrogen-bond donors (Lipinski definition) is 1. The van der Waals surface area contributed by atoms with Crippen LogP contribution in [0.25, 0.3) is 17.3 Å². The van der Waals surface area contributed by atoms with Gasteiger partial charge < -0.3 is 0 Å². The highest BCUT2D eigenvalue weighted by molar-refractivity contribution is 7.15. The summed E-state index contributed by atoms with van der Waals surface area (Å²) < 4.78 is 0. The molecule has 0 saturated heterocycles. The monoisotopic (exact) mass is 333 g/mol. The van der Waals surface area contributed by atoms with Crippen LogP contribution in [-0.4, -0.2) is 11.2 Å². The van der Waals surface area contributed by atoms with E-state index in [1.807, 2.05) is 49.5 Å². The molecule has 3 nitrogen and oxygen atoms in total. The maximum Gasteiger partial charge on any atom is 0.204 e. The van der Waals surface area contributed by atoms with Crippen molar-refractivity contribution in [3.8, 4) is 11.3 Å². The van der Waals surface area contributed by atoms with Gasteiger partial charge >= 0.3 is 0 Å². The predicted molar refractivity (Wildman–Crippen MR) is 104 cm³/mol. The van der Waals surface area contributed by atoms with Gasteiger partial charge in [-0.15, -0.1) is 11.3 Å². The Morgan fingerprint density at radius 2 is 1.71 bits per heavy atom. The lowest BCUT2D eigenvalue weighted by Gasteiger charge is -1.97. The molecule has 1 aromatic heterocycles. The minimum absolute atomic E-state index is 0.801. The summed E-state index contributed by atoms with van der Waals surface area (Å²) in [5.74, 6) is 0. The molecule has 0 fully saturated rings. The van der Waals surface area contributed by atoms with Crippen LogP contribution in [0.3, 0.4) is 0 Å². The first kappa shape index (κ1) is 16.1. The van der Waals surface area contributed by atoms with Crippen LogP contribution in [0.5, 0.6) is 0 Å². The van der Waals surface area contributed by atoms with E-state index >= 15 is 0 Å². The minimum Gasteiger partial charge on any atom is -0.253 e. The molecule has 0 aliphatic carbocycles. The third kappa shape index (κ3) is 4.18. The van der Waals surface area contributed by atoms with E-state index in [0.29, 0.717) is 0 Å². The number of aromatic nitrogens is 1. The number of rotatable bonds is 5. The largest absolute Gasteiger partial charge is 0.253 e. The van der Waals surface area contributed by atoms with Crippen LogP contribution in [0.15, 0.2) is 71.3 Å². The van der Waals surface area contributed by atoms with E-state index in [2.05, 4.69) is 52.8 Å². The number of nitrogens with zero attached hydrogens (tertiary/aromatic N) is 2. The van der Waals surface area contributed by atoms with Gasteiger partial charge in [0.05, 0.1) is 11.9 Å². The Labute approximate surface area is 146 Å². The molecule has 0 amide bonds.